The number of benzene rings is 1. The highest BCUT2D eigenvalue weighted by atomic mass is 19.4. The molecule has 0 radical (unpaired) electrons. The lowest BCUT2D eigenvalue weighted by Crippen LogP contribution is -2.37. The highest BCUT2D eigenvalue weighted by Crippen LogP contribution is 2.35. The van der Waals surface area contributed by atoms with Gasteiger partial charge in [-0.2, -0.15) is 27.1 Å². The van der Waals surface area contributed by atoms with Gasteiger partial charge in [-0.3, -0.25) is 9.48 Å². The maximum atomic E-state index is 13.8. The Morgan fingerprint density at radius 2 is 2.03 bits per heavy atom. The molecule has 4 heterocycles. The Labute approximate surface area is 211 Å². The average molecular weight is 536 g/mol. The summed E-state index contributed by atoms with van der Waals surface area (Å²) in [6, 6.07) is 4.30. The summed E-state index contributed by atoms with van der Waals surface area (Å²) >= 11 is 0. The van der Waals surface area contributed by atoms with E-state index in [1.54, 1.807) is 11.7 Å². The van der Waals surface area contributed by atoms with Crippen LogP contribution in [0.2, 0.25) is 0 Å². The third kappa shape index (κ3) is 4.49. The molecule has 2 N–H and O–H groups in total. The number of carbonyl (C=O) groups is 1. The van der Waals surface area contributed by atoms with Crippen LogP contribution in [-0.2, 0) is 35.9 Å². The van der Waals surface area contributed by atoms with Crippen LogP contribution in [0, 0.1) is 0 Å². The highest BCUT2D eigenvalue weighted by Gasteiger charge is 2.36. The Balaban J connectivity index is 1.60. The van der Waals surface area contributed by atoms with Crippen LogP contribution in [0.15, 0.2) is 30.5 Å². The maximum Gasteiger partial charge on any atom is 0.433 e. The van der Waals surface area contributed by atoms with Crippen molar-refractivity contribution in [2.45, 2.75) is 32.0 Å². The van der Waals surface area contributed by atoms with Gasteiger partial charge in [-0.1, -0.05) is 6.07 Å². The first-order chi connectivity index (χ1) is 18.0. The van der Waals surface area contributed by atoms with Crippen LogP contribution in [0.3, 0.4) is 0 Å². The molecule has 1 amide bonds. The molecule has 38 heavy (non-hydrogen) atoms. The van der Waals surface area contributed by atoms with Crippen LogP contribution in [0.4, 0.5) is 27.8 Å². The van der Waals surface area contributed by atoms with Gasteiger partial charge in [-0.25, -0.2) is 9.97 Å². The number of likely N-dealkylation sites (N-methyl/N-ethyl adjacent to an activating group) is 1. The predicted molar refractivity (Wildman–Crippen MR) is 125 cm³/mol. The number of aryl methyl sites for hydroxylation is 1. The molecule has 3 aromatic heterocycles. The molecule has 4 aromatic rings. The second-order valence-electron chi connectivity index (χ2n) is 8.80. The smallest absolute Gasteiger partial charge is 0.383 e. The highest BCUT2D eigenvalue weighted by molar-refractivity contribution is 6.10. The number of nitrogen functional groups attached to an aromatic ring is 1. The van der Waals surface area contributed by atoms with Gasteiger partial charge in [-0.15, -0.1) is 0 Å². The minimum atomic E-state index is -4.64. The molecule has 0 bridgehead atoms. The van der Waals surface area contributed by atoms with Crippen molar-refractivity contribution in [2.24, 2.45) is 7.05 Å². The summed E-state index contributed by atoms with van der Waals surface area (Å²) in [5.41, 5.74) is 6.55. The van der Waals surface area contributed by atoms with Gasteiger partial charge in [0.25, 0.3) is 5.91 Å². The number of anilines is 1. The molecule has 0 fully saturated rings. The number of aromatic nitrogens is 4. The van der Waals surface area contributed by atoms with E-state index in [1.807, 2.05) is 0 Å². The van der Waals surface area contributed by atoms with E-state index in [0.29, 0.717) is 27.4 Å². The van der Waals surface area contributed by atoms with Gasteiger partial charge in [0.1, 0.15) is 11.5 Å². The zero-order valence-corrected chi connectivity index (χ0v) is 20.1. The number of hydrogen-bond donors (Lipinski definition) is 1. The molecule has 5 rings (SSSR count). The molecule has 1 aliphatic heterocycles. The minimum absolute atomic E-state index is 0.00278. The van der Waals surface area contributed by atoms with Gasteiger partial charge in [0.15, 0.2) is 0 Å². The lowest BCUT2D eigenvalue weighted by Gasteiger charge is -2.33. The zero-order valence-electron chi connectivity index (χ0n) is 20.1. The Bertz CT molecular complexity index is 1550. The van der Waals surface area contributed by atoms with Gasteiger partial charge in [0, 0.05) is 30.6 Å². The Morgan fingerprint density at radius 1 is 1.26 bits per heavy atom. The maximum absolute atomic E-state index is 13.8. The second-order valence-corrected chi connectivity index (χ2v) is 8.80. The van der Waals surface area contributed by atoms with Gasteiger partial charge in [-0.05, 0) is 23.8 Å². The number of carbonyl (C=O) groups excluding carboxylic acids is 1. The first kappa shape index (κ1) is 25.7. The van der Waals surface area contributed by atoms with E-state index in [9.17, 15) is 26.7 Å². The Hall–Kier alpha value is -3.91. The molecule has 9 nitrogen and oxygen atoms in total. The predicted octanol–water partition coefficient (Wildman–Crippen LogP) is 4.20. The summed E-state index contributed by atoms with van der Waals surface area (Å²) < 4.78 is 76.8. The molecule has 1 unspecified atom stereocenters. The SMILES string of the molecule is CN(C(=O)c1cc2c(cc1COC(F)F)nc(N)c1cnn(C)c12)C1COCc2nc(C(F)(F)F)ccc21. The number of alkyl halides is 5. The fourth-order valence-corrected chi connectivity index (χ4v) is 4.62. The van der Waals surface area contributed by atoms with Gasteiger partial charge in [0.2, 0.25) is 0 Å². The standard InChI is InChI=1S/C24H21F5N6O3/c1-34(18-10-37-9-17-12(18)3-4-19(32-17)24(27,28)29)22(36)13-6-14-16(5-11(13)8-38-23(25)26)33-21(30)15-7-31-35(2)20(14)15/h3-7,18,23H,8-10H2,1-2H3,(H2,30,33). The van der Waals surface area contributed by atoms with E-state index in [0.717, 1.165) is 6.07 Å². The topological polar surface area (TPSA) is 108 Å². The molecule has 0 aliphatic carbocycles. The minimum Gasteiger partial charge on any atom is -0.383 e. The van der Waals surface area contributed by atoms with E-state index in [2.05, 4.69) is 19.8 Å². The van der Waals surface area contributed by atoms with Crippen molar-refractivity contribution in [1.29, 1.82) is 0 Å². The van der Waals surface area contributed by atoms with Gasteiger partial charge in [0.05, 0.1) is 54.2 Å². The number of nitrogens with two attached hydrogens (primary N) is 1. The zero-order chi connectivity index (χ0) is 27.4. The van der Waals surface area contributed by atoms with Crippen LogP contribution < -0.4 is 5.73 Å². The molecule has 0 saturated heterocycles. The number of halogens is 5. The van der Waals surface area contributed by atoms with E-state index < -0.39 is 37.0 Å². The first-order valence-corrected chi connectivity index (χ1v) is 11.3. The van der Waals surface area contributed by atoms with Crippen LogP contribution in [0.25, 0.3) is 21.8 Å². The van der Waals surface area contributed by atoms with Crippen molar-refractivity contribution in [3.05, 3.63) is 58.5 Å². The molecular weight excluding hydrogens is 515 g/mol. The Morgan fingerprint density at radius 3 is 2.74 bits per heavy atom. The van der Waals surface area contributed by atoms with Crippen LogP contribution in [0.5, 0.6) is 0 Å². The number of hydrogen-bond acceptors (Lipinski definition) is 7. The number of ether oxygens (including phenoxy) is 2. The van der Waals surface area contributed by atoms with E-state index in [1.165, 1.54) is 36.3 Å². The molecule has 1 aromatic carbocycles. The molecule has 14 heteroatoms. The fraction of sp³-hybridized carbons (Fsp3) is 0.333. The van der Waals surface area contributed by atoms with Crippen LogP contribution in [-0.4, -0.2) is 50.8 Å². The summed E-state index contributed by atoms with van der Waals surface area (Å²) in [6.45, 7) is -3.83. The van der Waals surface area contributed by atoms with Crippen molar-refractivity contribution < 1.29 is 36.2 Å². The number of fused-ring (bicyclic) bond motifs is 4. The first-order valence-electron chi connectivity index (χ1n) is 11.3. The summed E-state index contributed by atoms with van der Waals surface area (Å²) in [5, 5.41) is 5.24. The summed E-state index contributed by atoms with van der Waals surface area (Å²) in [4.78, 5) is 23.1. The van der Waals surface area contributed by atoms with Crippen molar-refractivity contribution >= 4 is 33.5 Å². The summed E-state index contributed by atoms with van der Waals surface area (Å²) in [6.07, 6.45) is -3.11. The second kappa shape index (κ2) is 9.44. The van der Waals surface area contributed by atoms with Crippen LogP contribution >= 0.6 is 0 Å². The molecule has 1 aliphatic rings. The van der Waals surface area contributed by atoms with Crippen molar-refractivity contribution in [3.8, 4) is 0 Å². The van der Waals surface area contributed by atoms with Crippen LogP contribution in [0.1, 0.15) is 38.9 Å². The lowest BCUT2D eigenvalue weighted by molar-refractivity contribution is -0.141. The van der Waals surface area contributed by atoms with E-state index in [-0.39, 0.29) is 35.9 Å². The van der Waals surface area contributed by atoms with Crippen molar-refractivity contribution in [2.75, 3.05) is 19.4 Å². The largest absolute Gasteiger partial charge is 0.433 e. The number of pyridine rings is 2. The molecular formula is C24H21F5N6O3. The molecule has 200 valence electrons. The van der Waals surface area contributed by atoms with Gasteiger partial charge < -0.3 is 20.1 Å². The number of nitrogens with zero attached hydrogens (tertiary/aromatic N) is 5. The average Bonchev–Trinajstić information content (AvgIpc) is 3.27. The molecule has 0 spiro atoms. The quantitative estimate of drug-likeness (QED) is 0.381. The number of rotatable bonds is 5. The van der Waals surface area contributed by atoms with E-state index >= 15 is 0 Å². The molecule has 0 saturated carbocycles. The molecule has 1 atom stereocenters. The van der Waals surface area contributed by atoms with Crippen molar-refractivity contribution in [1.82, 2.24) is 24.6 Å². The monoisotopic (exact) mass is 536 g/mol. The van der Waals surface area contributed by atoms with E-state index in [4.69, 9.17) is 10.5 Å². The normalized spacial score (nSPS) is 15.8. The number of amides is 1. The third-order valence-electron chi connectivity index (χ3n) is 6.49. The van der Waals surface area contributed by atoms with Crippen molar-refractivity contribution in [3.63, 3.8) is 0 Å². The fourth-order valence-electron chi connectivity index (χ4n) is 4.62. The lowest BCUT2D eigenvalue weighted by atomic mass is 9.98. The summed E-state index contributed by atoms with van der Waals surface area (Å²) in [7, 11) is 3.13. The third-order valence-corrected chi connectivity index (χ3v) is 6.49. The summed E-state index contributed by atoms with van der Waals surface area (Å²) in [5.74, 6) is -0.410. The van der Waals surface area contributed by atoms with Gasteiger partial charge >= 0.3 is 12.8 Å². The Kier molecular flexibility index (Phi) is 6.39.